The van der Waals surface area contributed by atoms with Crippen molar-refractivity contribution in [2.45, 2.75) is 57.9 Å². The van der Waals surface area contributed by atoms with E-state index in [1.54, 1.807) is 0 Å². The number of thiazole rings is 1. The second-order valence-corrected chi connectivity index (χ2v) is 6.63. The first-order valence-corrected chi connectivity index (χ1v) is 8.16. The van der Waals surface area contributed by atoms with Gasteiger partial charge in [-0.05, 0) is 32.6 Å². The number of aromatic nitrogens is 1. The number of hydrogen-bond acceptors (Lipinski definition) is 4. The maximum absolute atomic E-state index is 12.3. The number of aryl methyl sites for hydroxylation is 1. The zero-order valence-corrected chi connectivity index (χ0v) is 13.0. The number of carbonyl (C=O) groups is 2. The lowest BCUT2D eigenvalue weighted by Gasteiger charge is -2.40. The van der Waals surface area contributed by atoms with E-state index < -0.39 is 0 Å². The normalized spacial score (nSPS) is 26.2. The summed E-state index contributed by atoms with van der Waals surface area (Å²) in [5.74, 6) is -0.0169. The molecule has 110 valence electrons. The minimum absolute atomic E-state index is 0.0774. The molecule has 0 spiro atoms. The number of hydrogen-bond donors (Lipinski definition) is 1. The number of aldehydes is 1. The first-order chi connectivity index (χ1) is 9.58. The topological polar surface area (TPSA) is 59.1 Å². The maximum Gasteiger partial charge on any atom is 0.280 e. The molecule has 2 rings (SSSR count). The van der Waals surface area contributed by atoms with Crippen molar-refractivity contribution < 1.29 is 9.59 Å². The van der Waals surface area contributed by atoms with Crippen molar-refractivity contribution in [2.24, 2.45) is 5.92 Å². The first-order valence-electron chi connectivity index (χ1n) is 7.28. The van der Waals surface area contributed by atoms with E-state index in [-0.39, 0.29) is 17.4 Å². The Kier molecular flexibility index (Phi) is 4.91. The van der Waals surface area contributed by atoms with E-state index in [2.05, 4.69) is 17.2 Å². The largest absolute Gasteiger partial charge is 0.345 e. The van der Waals surface area contributed by atoms with Crippen LogP contribution in [0.25, 0.3) is 0 Å². The van der Waals surface area contributed by atoms with E-state index in [0.29, 0.717) is 5.01 Å². The summed E-state index contributed by atoms with van der Waals surface area (Å²) < 4.78 is 0. The molecule has 1 aliphatic carbocycles. The molecule has 0 aliphatic heterocycles. The van der Waals surface area contributed by atoms with Gasteiger partial charge >= 0.3 is 0 Å². The lowest BCUT2D eigenvalue weighted by molar-refractivity contribution is -0.112. The molecule has 2 atom stereocenters. The third-order valence-electron chi connectivity index (χ3n) is 4.00. The molecule has 1 N–H and O–H groups in total. The van der Waals surface area contributed by atoms with Crippen molar-refractivity contribution in [1.82, 2.24) is 10.3 Å². The predicted octanol–water partition coefficient (Wildman–Crippen LogP) is 3.11. The second-order valence-electron chi connectivity index (χ2n) is 5.77. The molecule has 5 heteroatoms. The first kappa shape index (κ1) is 15.2. The van der Waals surface area contributed by atoms with Crippen molar-refractivity contribution >= 4 is 23.5 Å². The van der Waals surface area contributed by atoms with Gasteiger partial charge in [0.25, 0.3) is 5.91 Å². The Morgan fingerprint density at radius 2 is 2.45 bits per heavy atom. The molecule has 0 radical (unpaired) electrons. The van der Waals surface area contributed by atoms with Crippen LogP contribution in [-0.4, -0.2) is 22.7 Å². The monoisotopic (exact) mass is 294 g/mol. The van der Waals surface area contributed by atoms with E-state index >= 15 is 0 Å². The van der Waals surface area contributed by atoms with Crippen LogP contribution in [0.15, 0.2) is 5.38 Å². The number of rotatable bonds is 5. The van der Waals surface area contributed by atoms with Gasteiger partial charge in [-0.3, -0.25) is 4.79 Å². The zero-order valence-electron chi connectivity index (χ0n) is 12.1. The van der Waals surface area contributed by atoms with Crippen LogP contribution in [0.5, 0.6) is 0 Å². The Bertz CT molecular complexity index is 482. The summed E-state index contributed by atoms with van der Waals surface area (Å²) >= 11 is 1.38. The van der Waals surface area contributed by atoms with E-state index in [1.165, 1.54) is 11.3 Å². The smallest absolute Gasteiger partial charge is 0.280 e. The molecule has 20 heavy (non-hydrogen) atoms. The van der Waals surface area contributed by atoms with Crippen molar-refractivity contribution in [3.63, 3.8) is 0 Å². The minimum atomic E-state index is -0.227. The number of nitrogens with one attached hydrogen (secondary N) is 1. The van der Waals surface area contributed by atoms with Gasteiger partial charge in [0, 0.05) is 22.5 Å². The highest BCUT2D eigenvalue weighted by Gasteiger charge is 2.37. The summed E-state index contributed by atoms with van der Waals surface area (Å²) in [7, 11) is 0. The average Bonchev–Trinajstić information content (AvgIpc) is 2.86. The zero-order chi connectivity index (χ0) is 14.6. The van der Waals surface area contributed by atoms with Gasteiger partial charge in [-0.1, -0.05) is 19.8 Å². The van der Waals surface area contributed by atoms with Crippen molar-refractivity contribution in [2.75, 3.05) is 0 Å². The standard InChI is InChI=1S/C15H22N2O2S/c1-3-6-15(7-4-5-12(8-15)9-18)17-13(19)14-16-11(2)10-20-14/h9-10,12H,3-8H2,1-2H3,(H,17,19). The third kappa shape index (κ3) is 3.45. The lowest BCUT2D eigenvalue weighted by atomic mass is 9.74. The van der Waals surface area contributed by atoms with Gasteiger partial charge < -0.3 is 10.1 Å². The fourth-order valence-electron chi connectivity index (χ4n) is 3.16. The van der Waals surface area contributed by atoms with Crippen LogP contribution in [0.2, 0.25) is 0 Å². The van der Waals surface area contributed by atoms with Crippen molar-refractivity contribution in [3.8, 4) is 0 Å². The fourth-order valence-corrected chi connectivity index (χ4v) is 3.85. The molecule has 0 bridgehead atoms. The van der Waals surface area contributed by atoms with Crippen LogP contribution in [0.1, 0.15) is 60.9 Å². The molecule has 1 heterocycles. The molecule has 2 unspecified atom stereocenters. The minimum Gasteiger partial charge on any atom is -0.345 e. The lowest BCUT2D eigenvalue weighted by Crippen LogP contribution is -2.51. The maximum atomic E-state index is 12.3. The molecule has 4 nitrogen and oxygen atoms in total. The SMILES string of the molecule is CCCC1(NC(=O)c2nc(C)cs2)CCCC(C=O)C1. The van der Waals surface area contributed by atoms with E-state index in [0.717, 1.165) is 50.5 Å². The quantitative estimate of drug-likeness (QED) is 0.849. The van der Waals surface area contributed by atoms with Gasteiger partial charge in [0.1, 0.15) is 6.29 Å². The predicted molar refractivity (Wildman–Crippen MR) is 80.0 cm³/mol. The summed E-state index contributed by atoms with van der Waals surface area (Å²) in [5.41, 5.74) is 0.647. The van der Waals surface area contributed by atoms with Crippen LogP contribution in [0.4, 0.5) is 0 Å². The molecule has 0 saturated heterocycles. The Balaban J connectivity index is 2.12. The summed E-state index contributed by atoms with van der Waals surface area (Å²) in [6.45, 7) is 4.00. The number of carbonyl (C=O) groups excluding carboxylic acids is 2. The van der Waals surface area contributed by atoms with Crippen molar-refractivity contribution in [1.29, 1.82) is 0 Å². The molecule has 1 fully saturated rings. The summed E-state index contributed by atoms with van der Waals surface area (Å²) in [4.78, 5) is 27.7. The van der Waals surface area contributed by atoms with Crippen LogP contribution in [0.3, 0.4) is 0 Å². The van der Waals surface area contributed by atoms with Crippen LogP contribution < -0.4 is 5.32 Å². The van der Waals surface area contributed by atoms with Gasteiger partial charge in [0.2, 0.25) is 0 Å². The third-order valence-corrected chi connectivity index (χ3v) is 4.96. The molecule has 1 saturated carbocycles. The summed E-state index contributed by atoms with van der Waals surface area (Å²) in [6.07, 6.45) is 6.64. The number of amides is 1. The number of nitrogens with zero attached hydrogens (tertiary/aromatic N) is 1. The fraction of sp³-hybridized carbons (Fsp3) is 0.667. The molecular formula is C15H22N2O2S. The Hall–Kier alpha value is -1.23. The Labute approximate surface area is 124 Å². The molecule has 1 aromatic heterocycles. The molecular weight excluding hydrogens is 272 g/mol. The average molecular weight is 294 g/mol. The Morgan fingerprint density at radius 3 is 3.05 bits per heavy atom. The summed E-state index contributed by atoms with van der Waals surface area (Å²) in [6, 6.07) is 0. The second kappa shape index (κ2) is 6.48. The van der Waals surface area contributed by atoms with Crippen LogP contribution >= 0.6 is 11.3 Å². The van der Waals surface area contributed by atoms with E-state index in [1.807, 2.05) is 12.3 Å². The van der Waals surface area contributed by atoms with Gasteiger partial charge in [0.05, 0.1) is 0 Å². The van der Waals surface area contributed by atoms with E-state index in [9.17, 15) is 9.59 Å². The molecule has 1 amide bonds. The molecule has 0 aromatic carbocycles. The highest BCUT2D eigenvalue weighted by Crippen LogP contribution is 2.35. The van der Waals surface area contributed by atoms with Crippen LogP contribution in [0, 0.1) is 12.8 Å². The van der Waals surface area contributed by atoms with Gasteiger partial charge in [-0.15, -0.1) is 11.3 Å². The highest BCUT2D eigenvalue weighted by atomic mass is 32.1. The molecule has 1 aliphatic rings. The Morgan fingerprint density at radius 1 is 1.65 bits per heavy atom. The highest BCUT2D eigenvalue weighted by molar-refractivity contribution is 7.11. The van der Waals surface area contributed by atoms with Gasteiger partial charge in [0.15, 0.2) is 5.01 Å². The van der Waals surface area contributed by atoms with E-state index in [4.69, 9.17) is 0 Å². The summed E-state index contributed by atoms with van der Waals surface area (Å²) in [5, 5.41) is 5.58. The van der Waals surface area contributed by atoms with Crippen molar-refractivity contribution in [3.05, 3.63) is 16.1 Å². The van der Waals surface area contributed by atoms with Gasteiger partial charge in [-0.25, -0.2) is 4.98 Å². The van der Waals surface area contributed by atoms with Gasteiger partial charge in [-0.2, -0.15) is 0 Å². The molecule has 1 aromatic rings. The van der Waals surface area contributed by atoms with Crippen LogP contribution in [-0.2, 0) is 4.79 Å².